The van der Waals surface area contributed by atoms with E-state index in [1.54, 1.807) is 0 Å². The van der Waals surface area contributed by atoms with Crippen LogP contribution in [-0.2, 0) is 6.42 Å². The van der Waals surface area contributed by atoms with Gasteiger partial charge in [0.1, 0.15) is 0 Å². The topological polar surface area (TPSA) is 31.6 Å². The highest BCUT2D eigenvalue weighted by atomic mass is 14.7. The Morgan fingerprint density at radius 2 is 1.61 bits per heavy atom. The average molecular weight is 240 g/mol. The smallest absolute Gasteiger partial charge is 0.0463 e. The summed E-state index contributed by atoms with van der Waals surface area (Å²) in [6, 6.07) is 9.05. The number of fused-ring (bicyclic) bond motifs is 2. The molecule has 94 valence electrons. The Morgan fingerprint density at radius 3 is 2.28 bits per heavy atom. The summed E-state index contributed by atoms with van der Waals surface area (Å²) in [5, 5.41) is 2.61. The lowest BCUT2D eigenvalue weighted by Crippen LogP contribution is -1.84. The molecule has 2 heteroatoms. The number of aryl methyl sites for hydroxylation is 1. The third-order valence-electron chi connectivity index (χ3n) is 3.58. The fraction of sp³-hybridized carbons (Fsp3) is 0.375. The van der Waals surface area contributed by atoms with Crippen LogP contribution in [0, 0.1) is 0 Å². The van der Waals surface area contributed by atoms with Crippen LogP contribution in [0.1, 0.15) is 44.5 Å². The van der Waals surface area contributed by atoms with Gasteiger partial charge in [0.15, 0.2) is 0 Å². The van der Waals surface area contributed by atoms with E-state index in [4.69, 9.17) is 0 Å². The molecular weight excluding hydrogens is 220 g/mol. The van der Waals surface area contributed by atoms with Gasteiger partial charge in [-0.1, -0.05) is 27.2 Å². The normalized spacial score (nSPS) is 12.0. The lowest BCUT2D eigenvalue weighted by molar-refractivity contribution is 0.836. The minimum atomic E-state index is 0.548. The van der Waals surface area contributed by atoms with Gasteiger partial charge in [0.2, 0.25) is 0 Å². The van der Waals surface area contributed by atoms with Crippen LogP contribution >= 0.6 is 0 Å². The van der Waals surface area contributed by atoms with Crippen LogP contribution in [0.2, 0.25) is 0 Å². The minimum Gasteiger partial charge on any atom is -0.358 e. The second-order valence-corrected chi connectivity index (χ2v) is 5.45. The van der Waals surface area contributed by atoms with E-state index in [-0.39, 0.29) is 0 Å². The number of aromatic nitrogens is 2. The largest absolute Gasteiger partial charge is 0.358 e. The maximum absolute atomic E-state index is 3.51. The first-order chi connectivity index (χ1) is 8.67. The lowest BCUT2D eigenvalue weighted by Gasteiger charge is -1.97. The summed E-state index contributed by atoms with van der Waals surface area (Å²) in [5.74, 6) is 0.548. The molecule has 0 fully saturated rings. The molecule has 2 N–H and O–H groups in total. The molecule has 0 radical (unpaired) electrons. The number of H-pyrrole nitrogens is 2. The molecule has 3 rings (SSSR count). The average Bonchev–Trinajstić information content (AvgIpc) is 2.88. The Bertz CT molecular complexity index is 635. The molecule has 0 bridgehead atoms. The van der Waals surface area contributed by atoms with Crippen molar-refractivity contribution in [2.75, 3.05) is 0 Å². The fourth-order valence-electron chi connectivity index (χ4n) is 2.56. The van der Waals surface area contributed by atoms with E-state index in [9.17, 15) is 0 Å². The van der Waals surface area contributed by atoms with Gasteiger partial charge in [-0.3, -0.25) is 0 Å². The third kappa shape index (κ3) is 1.82. The molecule has 2 nitrogen and oxygen atoms in total. The number of aromatic amines is 2. The zero-order valence-electron chi connectivity index (χ0n) is 11.3. The molecule has 0 unspecified atom stereocenters. The Kier molecular flexibility index (Phi) is 2.66. The van der Waals surface area contributed by atoms with Crippen molar-refractivity contribution in [2.45, 2.75) is 39.5 Å². The first-order valence-corrected chi connectivity index (χ1v) is 6.81. The fourth-order valence-corrected chi connectivity index (χ4v) is 2.56. The van der Waals surface area contributed by atoms with Gasteiger partial charge in [0.05, 0.1) is 0 Å². The van der Waals surface area contributed by atoms with Crippen molar-refractivity contribution >= 4 is 21.8 Å². The Morgan fingerprint density at radius 1 is 0.944 bits per heavy atom. The maximum Gasteiger partial charge on any atom is 0.0463 e. The quantitative estimate of drug-likeness (QED) is 0.663. The van der Waals surface area contributed by atoms with E-state index in [0.717, 1.165) is 6.42 Å². The lowest BCUT2D eigenvalue weighted by atomic mass is 10.1. The van der Waals surface area contributed by atoms with Crippen LogP contribution < -0.4 is 0 Å². The van der Waals surface area contributed by atoms with E-state index in [1.807, 2.05) is 0 Å². The van der Waals surface area contributed by atoms with Crippen LogP contribution in [0.4, 0.5) is 0 Å². The highest BCUT2D eigenvalue weighted by molar-refractivity contribution is 5.96. The molecule has 18 heavy (non-hydrogen) atoms. The van der Waals surface area contributed by atoms with E-state index < -0.39 is 0 Å². The van der Waals surface area contributed by atoms with Crippen molar-refractivity contribution in [3.05, 3.63) is 35.7 Å². The van der Waals surface area contributed by atoms with Gasteiger partial charge in [-0.25, -0.2) is 0 Å². The Labute approximate surface area is 107 Å². The van der Waals surface area contributed by atoms with E-state index in [1.165, 1.54) is 39.6 Å². The Hall–Kier alpha value is -1.70. The van der Waals surface area contributed by atoms with E-state index >= 15 is 0 Å². The summed E-state index contributed by atoms with van der Waals surface area (Å²) in [6.45, 7) is 6.65. The molecule has 3 aromatic rings. The number of hydrogen-bond donors (Lipinski definition) is 2. The maximum atomic E-state index is 3.51. The first-order valence-electron chi connectivity index (χ1n) is 6.81. The van der Waals surface area contributed by atoms with Crippen LogP contribution in [0.3, 0.4) is 0 Å². The second-order valence-electron chi connectivity index (χ2n) is 5.45. The highest BCUT2D eigenvalue weighted by Gasteiger charge is 2.07. The van der Waals surface area contributed by atoms with Crippen LogP contribution in [0.25, 0.3) is 21.8 Å². The molecule has 0 aliphatic rings. The molecular formula is C16H20N2. The Balaban J connectivity index is 2.15. The number of rotatable bonds is 3. The monoisotopic (exact) mass is 240 g/mol. The predicted molar refractivity (Wildman–Crippen MR) is 78.2 cm³/mol. The number of hydrogen-bond acceptors (Lipinski definition) is 0. The standard InChI is InChI=1S/C16H20N2/c1-4-5-13-6-11-8-16-12(9-15(11)17-13)7-14(18-16)10(2)3/h6-10,17-18H,4-5H2,1-3H3. The van der Waals surface area contributed by atoms with E-state index in [0.29, 0.717) is 5.92 Å². The molecule has 2 heterocycles. The summed E-state index contributed by atoms with van der Waals surface area (Å²) >= 11 is 0. The van der Waals surface area contributed by atoms with Crippen molar-refractivity contribution in [3.63, 3.8) is 0 Å². The summed E-state index contributed by atoms with van der Waals surface area (Å²) in [7, 11) is 0. The van der Waals surface area contributed by atoms with Gasteiger partial charge < -0.3 is 9.97 Å². The third-order valence-corrected chi connectivity index (χ3v) is 3.58. The molecule has 0 saturated carbocycles. The molecule has 0 atom stereocenters. The second kappa shape index (κ2) is 4.20. The molecule has 0 amide bonds. The summed E-state index contributed by atoms with van der Waals surface area (Å²) in [4.78, 5) is 7.03. The number of nitrogens with one attached hydrogen (secondary N) is 2. The first kappa shape index (κ1) is 11.4. The zero-order chi connectivity index (χ0) is 12.7. The summed E-state index contributed by atoms with van der Waals surface area (Å²) in [6.07, 6.45) is 2.31. The molecule has 1 aromatic carbocycles. The van der Waals surface area contributed by atoms with Crippen molar-refractivity contribution in [2.24, 2.45) is 0 Å². The van der Waals surface area contributed by atoms with Gasteiger partial charge in [-0.05, 0) is 36.6 Å². The molecule has 2 aromatic heterocycles. The van der Waals surface area contributed by atoms with Crippen LogP contribution in [-0.4, -0.2) is 9.97 Å². The summed E-state index contributed by atoms with van der Waals surface area (Å²) < 4.78 is 0. The summed E-state index contributed by atoms with van der Waals surface area (Å²) in [5.41, 5.74) is 5.14. The van der Waals surface area contributed by atoms with Crippen LogP contribution in [0.15, 0.2) is 24.3 Å². The van der Waals surface area contributed by atoms with Gasteiger partial charge in [-0.2, -0.15) is 0 Å². The minimum absolute atomic E-state index is 0.548. The predicted octanol–water partition coefficient (Wildman–Crippen LogP) is 4.73. The highest BCUT2D eigenvalue weighted by Crippen LogP contribution is 2.26. The molecule has 0 aliphatic heterocycles. The van der Waals surface area contributed by atoms with Gasteiger partial charge >= 0.3 is 0 Å². The molecule has 0 spiro atoms. The van der Waals surface area contributed by atoms with Crippen LogP contribution in [0.5, 0.6) is 0 Å². The zero-order valence-corrected chi connectivity index (χ0v) is 11.3. The SMILES string of the molecule is CCCc1cc2cc3[nH]c(C(C)C)cc3cc2[nH]1. The van der Waals surface area contributed by atoms with Gasteiger partial charge in [0, 0.05) is 33.2 Å². The van der Waals surface area contributed by atoms with E-state index in [2.05, 4.69) is 55.0 Å². The van der Waals surface area contributed by atoms with Crippen molar-refractivity contribution in [1.82, 2.24) is 9.97 Å². The van der Waals surface area contributed by atoms with Gasteiger partial charge in [-0.15, -0.1) is 0 Å². The van der Waals surface area contributed by atoms with Crippen molar-refractivity contribution in [3.8, 4) is 0 Å². The van der Waals surface area contributed by atoms with Gasteiger partial charge in [0.25, 0.3) is 0 Å². The van der Waals surface area contributed by atoms with Crippen molar-refractivity contribution in [1.29, 1.82) is 0 Å². The number of benzene rings is 1. The van der Waals surface area contributed by atoms with Crippen molar-refractivity contribution < 1.29 is 0 Å². The molecule has 0 saturated heterocycles. The molecule has 0 aliphatic carbocycles.